The molecule has 2 nitrogen and oxygen atoms in total. The Hall–Kier alpha value is -0.730. The van der Waals surface area contributed by atoms with Crippen LogP contribution in [0.3, 0.4) is 0 Å². The van der Waals surface area contributed by atoms with Crippen LogP contribution in [0.2, 0.25) is 5.02 Å². The Kier molecular flexibility index (Phi) is 3.13. The normalized spacial score (nSPS) is 20.6. The maximum absolute atomic E-state index is 11.8. The number of anilines is 1. The summed E-state index contributed by atoms with van der Waals surface area (Å²) in [5, 5.41) is 0.620. The van der Waals surface area contributed by atoms with Gasteiger partial charge in [0.1, 0.15) is 0 Å². The van der Waals surface area contributed by atoms with Gasteiger partial charge in [0.15, 0.2) is 0 Å². The second-order valence-electron chi connectivity index (χ2n) is 4.19. The minimum atomic E-state index is -0.0815. The standard InChI is InChI=1S/C12H13Cl2NO/c1-7-3-9(13)4-8(2)12(7)15-6-10(14)5-11(15)16/h3-4,10H,5-6H2,1-2H3. The van der Waals surface area contributed by atoms with Crippen molar-refractivity contribution in [1.29, 1.82) is 0 Å². The van der Waals surface area contributed by atoms with Crippen molar-refractivity contribution in [2.45, 2.75) is 25.6 Å². The van der Waals surface area contributed by atoms with Gasteiger partial charge in [0.05, 0.1) is 5.38 Å². The van der Waals surface area contributed by atoms with Crippen molar-refractivity contribution >= 4 is 34.8 Å². The minimum Gasteiger partial charge on any atom is -0.310 e. The number of amides is 1. The highest BCUT2D eigenvalue weighted by molar-refractivity contribution is 6.31. The lowest BCUT2D eigenvalue weighted by molar-refractivity contribution is -0.117. The van der Waals surface area contributed by atoms with E-state index < -0.39 is 0 Å². The molecule has 1 aliphatic heterocycles. The van der Waals surface area contributed by atoms with Gasteiger partial charge >= 0.3 is 0 Å². The van der Waals surface area contributed by atoms with Crippen molar-refractivity contribution in [3.8, 4) is 0 Å². The third-order valence-electron chi connectivity index (χ3n) is 2.80. The van der Waals surface area contributed by atoms with Crippen molar-refractivity contribution in [2.24, 2.45) is 0 Å². The first kappa shape index (κ1) is 11.7. The molecule has 16 heavy (non-hydrogen) atoms. The first-order valence-electron chi connectivity index (χ1n) is 5.20. The average Bonchev–Trinajstić information content (AvgIpc) is 2.43. The smallest absolute Gasteiger partial charge is 0.228 e. The van der Waals surface area contributed by atoms with Crippen LogP contribution in [0.5, 0.6) is 0 Å². The third kappa shape index (κ3) is 2.04. The van der Waals surface area contributed by atoms with Gasteiger partial charge in [-0.15, -0.1) is 11.6 Å². The van der Waals surface area contributed by atoms with Gasteiger partial charge in [0.25, 0.3) is 0 Å². The Balaban J connectivity index is 2.44. The van der Waals surface area contributed by atoms with Gasteiger partial charge in [-0.2, -0.15) is 0 Å². The lowest BCUT2D eigenvalue weighted by Crippen LogP contribution is -2.26. The highest BCUT2D eigenvalue weighted by Crippen LogP contribution is 2.32. The average molecular weight is 258 g/mol. The lowest BCUT2D eigenvalue weighted by atomic mass is 10.1. The molecule has 1 saturated heterocycles. The number of aryl methyl sites for hydroxylation is 2. The highest BCUT2D eigenvalue weighted by atomic mass is 35.5. The number of hydrogen-bond donors (Lipinski definition) is 0. The van der Waals surface area contributed by atoms with E-state index in [1.54, 1.807) is 4.90 Å². The molecule has 0 radical (unpaired) electrons. The van der Waals surface area contributed by atoms with E-state index in [4.69, 9.17) is 23.2 Å². The molecule has 4 heteroatoms. The number of carbonyl (C=O) groups is 1. The summed E-state index contributed by atoms with van der Waals surface area (Å²) in [6.45, 7) is 4.51. The molecular formula is C12H13Cl2NO. The number of benzene rings is 1. The molecule has 1 unspecified atom stereocenters. The number of hydrogen-bond acceptors (Lipinski definition) is 1. The lowest BCUT2D eigenvalue weighted by Gasteiger charge is -2.21. The molecule has 0 spiro atoms. The molecule has 86 valence electrons. The molecule has 1 fully saturated rings. The maximum Gasteiger partial charge on any atom is 0.228 e. The van der Waals surface area contributed by atoms with Gasteiger partial charge in [0, 0.05) is 23.7 Å². The summed E-state index contributed by atoms with van der Waals surface area (Å²) in [7, 11) is 0. The second kappa shape index (κ2) is 4.27. The molecule has 1 heterocycles. The Morgan fingerprint density at radius 1 is 1.31 bits per heavy atom. The molecule has 2 rings (SSSR count). The Labute approximate surface area is 105 Å². The van der Waals surface area contributed by atoms with Crippen LogP contribution >= 0.6 is 23.2 Å². The predicted molar refractivity (Wildman–Crippen MR) is 67.5 cm³/mol. The zero-order chi connectivity index (χ0) is 11.9. The largest absolute Gasteiger partial charge is 0.310 e. The number of nitrogens with zero attached hydrogens (tertiary/aromatic N) is 1. The number of alkyl halides is 1. The van der Waals surface area contributed by atoms with E-state index in [-0.39, 0.29) is 11.3 Å². The Morgan fingerprint density at radius 3 is 2.31 bits per heavy atom. The van der Waals surface area contributed by atoms with Gasteiger partial charge < -0.3 is 4.90 Å². The highest BCUT2D eigenvalue weighted by Gasteiger charge is 2.30. The van der Waals surface area contributed by atoms with E-state index in [2.05, 4.69) is 0 Å². The van der Waals surface area contributed by atoms with E-state index in [1.807, 2.05) is 26.0 Å². The molecule has 1 aromatic carbocycles. The molecule has 0 aromatic heterocycles. The van der Waals surface area contributed by atoms with Crippen molar-refractivity contribution in [3.05, 3.63) is 28.3 Å². The first-order chi connectivity index (χ1) is 7.49. The fraction of sp³-hybridized carbons (Fsp3) is 0.417. The minimum absolute atomic E-state index is 0.0815. The molecule has 0 bridgehead atoms. The maximum atomic E-state index is 11.8. The van der Waals surface area contributed by atoms with Crippen LogP contribution in [0.4, 0.5) is 5.69 Å². The summed E-state index contributed by atoms with van der Waals surface area (Å²) in [4.78, 5) is 13.5. The van der Waals surface area contributed by atoms with E-state index in [0.29, 0.717) is 18.0 Å². The van der Waals surface area contributed by atoms with Crippen molar-refractivity contribution < 1.29 is 4.79 Å². The van der Waals surface area contributed by atoms with Gasteiger partial charge in [-0.3, -0.25) is 4.79 Å². The molecule has 1 atom stereocenters. The number of carbonyl (C=O) groups excluding carboxylic acids is 1. The summed E-state index contributed by atoms with van der Waals surface area (Å²) in [5.74, 6) is 0.0912. The SMILES string of the molecule is Cc1cc(Cl)cc(C)c1N1CC(Cl)CC1=O. The van der Waals surface area contributed by atoms with Gasteiger partial charge in [0.2, 0.25) is 5.91 Å². The summed E-state index contributed by atoms with van der Waals surface area (Å²) in [6, 6.07) is 3.75. The molecule has 0 N–H and O–H groups in total. The Bertz CT molecular complexity index is 422. The third-order valence-corrected chi connectivity index (χ3v) is 3.31. The van der Waals surface area contributed by atoms with E-state index in [9.17, 15) is 4.79 Å². The second-order valence-corrected chi connectivity index (χ2v) is 5.25. The van der Waals surface area contributed by atoms with Crippen LogP contribution in [0.1, 0.15) is 17.5 Å². The van der Waals surface area contributed by atoms with Crippen molar-refractivity contribution in [2.75, 3.05) is 11.4 Å². The van der Waals surface area contributed by atoms with Crippen molar-refractivity contribution in [3.63, 3.8) is 0 Å². The van der Waals surface area contributed by atoms with Crippen molar-refractivity contribution in [1.82, 2.24) is 0 Å². The number of halogens is 2. The summed E-state index contributed by atoms with van der Waals surface area (Å²) >= 11 is 12.0. The molecule has 0 aliphatic carbocycles. The predicted octanol–water partition coefficient (Wildman–Crippen LogP) is 3.30. The van der Waals surface area contributed by atoms with Crippen LogP contribution in [-0.2, 0) is 4.79 Å². The van der Waals surface area contributed by atoms with E-state index >= 15 is 0 Å². The van der Waals surface area contributed by atoms with Crippen LogP contribution in [-0.4, -0.2) is 17.8 Å². The summed E-state index contributed by atoms with van der Waals surface area (Å²) < 4.78 is 0. The van der Waals surface area contributed by atoms with Crippen LogP contribution < -0.4 is 4.90 Å². The van der Waals surface area contributed by atoms with Crippen LogP contribution in [0, 0.1) is 13.8 Å². The fourth-order valence-corrected chi connectivity index (χ4v) is 2.81. The molecular weight excluding hydrogens is 245 g/mol. The van der Waals surface area contributed by atoms with Gasteiger partial charge in [-0.25, -0.2) is 0 Å². The summed E-state index contributed by atoms with van der Waals surface area (Å²) in [5.41, 5.74) is 2.99. The van der Waals surface area contributed by atoms with E-state index in [1.165, 1.54) is 0 Å². The monoisotopic (exact) mass is 257 g/mol. The molecule has 1 amide bonds. The first-order valence-corrected chi connectivity index (χ1v) is 6.01. The quantitative estimate of drug-likeness (QED) is 0.708. The Morgan fingerprint density at radius 2 is 1.88 bits per heavy atom. The topological polar surface area (TPSA) is 20.3 Å². The van der Waals surface area contributed by atoms with Gasteiger partial charge in [-0.1, -0.05) is 11.6 Å². The fourth-order valence-electron chi connectivity index (χ4n) is 2.21. The number of rotatable bonds is 1. The summed E-state index contributed by atoms with van der Waals surface area (Å²) in [6.07, 6.45) is 0.420. The van der Waals surface area contributed by atoms with Gasteiger partial charge in [-0.05, 0) is 37.1 Å². The zero-order valence-electron chi connectivity index (χ0n) is 9.26. The van der Waals surface area contributed by atoms with Crippen LogP contribution in [0.15, 0.2) is 12.1 Å². The molecule has 1 aliphatic rings. The zero-order valence-corrected chi connectivity index (χ0v) is 10.8. The molecule has 1 aromatic rings. The van der Waals surface area contributed by atoms with Crippen LogP contribution in [0.25, 0.3) is 0 Å². The molecule has 0 saturated carbocycles. The van der Waals surface area contributed by atoms with E-state index in [0.717, 1.165) is 16.8 Å².